The Bertz CT molecular complexity index is 388. The van der Waals surface area contributed by atoms with Crippen molar-refractivity contribution in [2.45, 2.75) is 12.8 Å². The van der Waals surface area contributed by atoms with Crippen LogP contribution < -0.4 is 4.90 Å². The zero-order valence-corrected chi connectivity index (χ0v) is 9.32. The molecule has 16 heavy (non-hydrogen) atoms. The van der Waals surface area contributed by atoms with Gasteiger partial charge < -0.3 is 4.90 Å². The Hall–Kier alpha value is -1.58. The molecular formula is C12H15FN2O. The van der Waals surface area contributed by atoms with Crippen molar-refractivity contribution in [1.29, 1.82) is 0 Å². The molecule has 0 saturated carbocycles. The number of benzene rings is 1. The second-order valence-electron chi connectivity index (χ2n) is 3.99. The molecule has 0 unspecified atom stereocenters. The summed E-state index contributed by atoms with van der Waals surface area (Å²) in [7, 11) is 1.61. The highest BCUT2D eigenvalue weighted by molar-refractivity contribution is 5.91. The van der Waals surface area contributed by atoms with E-state index in [2.05, 4.69) is 0 Å². The fraction of sp³-hybridized carbons (Fsp3) is 0.417. The van der Waals surface area contributed by atoms with Crippen molar-refractivity contribution in [1.82, 2.24) is 4.90 Å². The van der Waals surface area contributed by atoms with E-state index < -0.39 is 0 Å². The summed E-state index contributed by atoms with van der Waals surface area (Å²) < 4.78 is 13.5. The van der Waals surface area contributed by atoms with Crippen molar-refractivity contribution < 1.29 is 9.18 Å². The summed E-state index contributed by atoms with van der Waals surface area (Å²) in [4.78, 5) is 15.1. The molecule has 0 bridgehead atoms. The van der Waals surface area contributed by atoms with Crippen LogP contribution in [-0.2, 0) is 0 Å². The first-order valence-electron chi connectivity index (χ1n) is 5.47. The van der Waals surface area contributed by atoms with Gasteiger partial charge in [-0.15, -0.1) is 0 Å². The first kappa shape index (κ1) is 10.9. The molecule has 1 aromatic rings. The lowest BCUT2D eigenvalue weighted by Gasteiger charge is -2.24. The van der Waals surface area contributed by atoms with Gasteiger partial charge in [0.25, 0.3) is 0 Å². The number of amides is 2. The normalized spacial score (nSPS) is 15.2. The number of carbonyl (C=O) groups is 1. The van der Waals surface area contributed by atoms with Crippen LogP contribution in [-0.4, -0.2) is 31.1 Å². The highest BCUT2D eigenvalue weighted by Crippen LogP contribution is 2.20. The van der Waals surface area contributed by atoms with E-state index in [0.717, 1.165) is 25.9 Å². The second-order valence-corrected chi connectivity index (χ2v) is 3.99. The molecule has 2 rings (SSSR count). The van der Waals surface area contributed by atoms with E-state index in [1.165, 1.54) is 11.0 Å². The lowest BCUT2D eigenvalue weighted by molar-refractivity contribution is 0.216. The van der Waals surface area contributed by atoms with Gasteiger partial charge >= 0.3 is 6.03 Å². The van der Waals surface area contributed by atoms with Crippen LogP contribution in [0.3, 0.4) is 0 Å². The van der Waals surface area contributed by atoms with Gasteiger partial charge in [-0.3, -0.25) is 4.90 Å². The SMILES string of the molecule is CN(C(=O)N1CCCC1)c1ccccc1F. The van der Waals surface area contributed by atoms with E-state index in [0.29, 0.717) is 5.69 Å². The van der Waals surface area contributed by atoms with Crippen LogP contribution in [0.2, 0.25) is 0 Å². The van der Waals surface area contributed by atoms with Gasteiger partial charge in [0.1, 0.15) is 5.82 Å². The molecule has 0 aliphatic carbocycles. The van der Waals surface area contributed by atoms with Crippen molar-refractivity contribution in [3.05, 3.63) is 30.1 Å². The Kier molecular flexibility index (Phi) is 3.08. The Labute approximate surface area is 94.5 Å². The van der Waals surface area contributed by atoms with E-state index in [-0.39, 0.29) is 11.8 Å². The molecule has 4 heteroatoms. The fourth-order valence-corrected chi connectivity index (χ4v) is 1.95. The maximum atomic E-state index is 13.5. The predicted molar refractivity (Wildman–Crippen MR) is 61.0 cm³/mol. The molecule has 3 nitrogen and oxygen atoms in total. The summed E-state index contributed by atoms with van der Waals surface area (Å²) in [5.74, 6) is -0.363. The Morgan fingerprint density at radius 2 is 1.94 bits per heavy atom. The van der Waals surface area contributed by atoms with Crippen molar-refractivity contribution in [2.24, 2.45) is 0 Å². The first-order chi connectivity index (χ1) is 7.70. The molecule has 0 radical (unpaired) electrons. The molecule has 1 aliphatic heterocycles. The predicted octanol–water partition coefficient (Wildman–Crippen LogP) is 2.48. The lowest BCUT2D eigenvalue weighted by Crippen LogP contribution is -2.39. The van der Waals surface area contributed by atoms with Crippen molar-refractivity contribution in [3.8, 4) is 0 Å². The smallest absolute Gasteiger partial charge is 0.324 e. The maximum Gasteiger partial charge on any atom is 0.324 e. The zero-order chi connectivity index (χ0) is 11.5. The van der Waals surface area contributed by atoms with Gasteiger partial charge in [-0.1, -0.05) is 12.1 Å². The van der Waals surface area contributed by atoms with Gasteiger partial charge in [-0.25, -0.2) is 9.18 Å². The third-order valence-corrected chi connectivity index (χ3v) is 2.88. The minimum absolute atomic E-state index is 0.123. The van der Waals surface area contributed by atoms with Crippen LogP contribution >= 0.6 is 0 Å². The standard InChI is InChI=1S/C12H15FN2O/c1-14(11-7-3-2-6-10(11)13)12(16)15-8-4-5-9-15/h2-3,6-7H,4-5,8-9H2,1H3. The fourth-order valence-electron chi connectivity index (χ4n) is 1.95. The number of hydrogen-bond donors (Lipinski definition) is 0. The summed E-state index contributed by atoms with van der Waals surface area (Å²) >= 11 is 0. The highest BCUT2D eigenvalue weighted by Gasteiger charge is 2.23. The minimum atomic E-state index is -0.363. The molecule has 0 atom stereocenters. The highest BCUT2D eigenvalue weighted by atomic mass is 19.1. The minimum Gasteiger partial charge on any atom is -0.324 e. The number of rotatable bonds is 1. The van der Waals surface area contributed by atoms with E-state index in [1.54, 1.807) is 30.1 Å². The van der Waals surface area contributed by atoms with Crippen molar-refractivity contribution in [2.75, 3.05) is 25.0 Å². The molecule has 2 amide bonds. The number of hydrogen-bond acceptors (Lipinski definition) is 1. The summed E-state index contributed by atoms with van der Waals surface area (Å²) in [5, 5.41) is 0. The third-order valence-electron chi connectivity index (χ3n) is 2.88. The van der Waals surface area contributed by atoms with Gasteiger partial charge in [-0.2, -0.15) is 0 Å². The summed E-state index contributed by atoms with van der Waals surface area (Å²) in [5.41, 5.74) is 0.333. The molecule has 0 aromatic heterocycles. The number of para-hydroxylation sites is 1. The molecule has 1 saturated heterocycles. The average molecular weight is 222 g/mol. The van der Waals surface area contributed by atoms with Gasteiger partial charge in [0.05, 0.1) is 5.69 Å². The van der Waals surface area contributed by atoms with Crippen LogP contribution in [0, 0.1) is 5.82 Å². The largest absolute Gasteiger partial charge is 0.324 e. The van der Waals surface area contributed by atoms with Crippen LogP contribution in [0.15, 0.2) is 24.3 Å². The molecule has 0 N–H and O–H groups in total. The van der Waals surface area contributed by atoms with Gasteiger partial charge in [0, 0.05) is 20.1 Å². The molecule has 1 fully saturated rings. The molecule has 1 heterocycles. The number of anilines is 1. The van der Waals surface area contributed by atoms with E-state index in [1.807, 2.05) is 0 Å². The number of halogens is 1. The molecular weight excluding hydrogens is 207 g/mol. The third kappa shape index (κ3) is 2.01. The number of nitrogens with zero attached hydrogens (tertiary/aromatic N) is 2. The van der Waals surface area contributed by atoms with Crippen LogP contribution in [0.1, 0.15) is 12.8 Å². The number of carbonyl (C=O) groups excluding carboxylic acids is 1. The molecule has 1 aliphatic rings. The van der Waals surface area contributed by atoms with Gasteiger partial charge in [0.2, 0.25) is 0 Å². The monoisotopic (exact) mass is 222 g/mol. The Morgan fingerprint density at radius 1 is 1.31 bits per heavy atom. The molecule has 1 aromatic carbocycles. The first-order valence-corrected chi connectivity index (χ1v) is 5.47. The van der Waals surface area contributed by atoms with E-state index >= 15 is 0 Å². The van der Waals surface area contributed by atoms with Crippen molar-refractivity contribution >= 4 is 11.7 Å². The number of urea groups is 1. The molecule has 0 spiro atoms. The van der Waals surface area contributed by atoms with E-state index in [9.17, 15) is 9.18 Å². The average Bonchev–Trinajstić information content (AvgIpc) is 2.81. The quantitative estimate of drug-likeness (QED) is 0.716. The number of likely N-dealkylation sites (tertiary alicyclic amines) is 1. The van der Waals surface area contributed by atoms with Crippen LogP contribution in [0.5, 0.6) is 0 Å². The topological polar surface area (TPSA) is 23.6 Å². The van der Waals surface area contributed by atoms with Crippen LogP contribution in [0.25, 0.3) is 0 Å². The lowest BCUT2D eigenvalue weighted by atomic mass is 10.3. The Balaban J connectivity index is 2.15. The van der Waals surface area contributed by atoms with Gasteiger partial charge in [0.15, 0.2) is 0 Å². The van der Waals surface area contributed by atoms with Crippen molar-refractivity contribution in [3.63, 3.8) is 0 Å². The molecule has 86 valence electrons. The van der Waals surface area contributed by atoms with Crippen LogP contribution in [0.4, 0.5) is 14.9 Å². The summed E-state index contributed by atoms with van der Waals surface area (Å²) in [6, 6.07) is 6.20. The Morgan fingerprint density at radius 3 is 2.56 bits per heavy atom. The summed E-state index contributed by atoms with van der Waals surface area (Å²) in [6.07, 6.45) is 2.08. The zero-order valence-electron chi connectivity index (χ0n) is 9.32. The second kappa shape index (κ2) is 4.51. The summed E-state index contributed by atoms with van der Waals surface area (Å²) in [6.45, 7) is 1.55. The van der Waals surface area contributed by atoms with E-state index in [4.69, 9.17) is 0 Å². The maximum absolute atomic E-state index is 13.5. The van der Waals surface area contributed by atoms with Gasteiger partial charge in [-0.05, 0) is 25.0 Å².